The maximum absolute atomic E-state index is 6.45. The summed E-state index contributed by atoms with van der Waals surface area (Å²) in [5.41, 5.74) is 13.4. The lowest BCUT2D eigenvalue weighted by Gasteiger charge is -2.33. The van der Waals surface area contributed by atoms with Crippen LogP contribution in [0, 0.1) is 0 Å². The Hall–Kier alpha value is -7.82. The highest BCUT2D eigenvalue weighted by atomic mass is 16.3. The van der Waals surface area contributed by atoms with Crippen LogP contribution in [0.4, 0.5) is 51.2 Å². The molecular weight excluding hydrogens is 707 g/mol. The van der Waals surface area contributed by atoms with Crippen molar-refractivity contribution < 1.29 is 4.42 Å². The van der Waals surface area contributed by atoms with E-state index in [2.05, 4.69) is 239 Å². The summed E-state index contributed by atoms with van der Waals surface area (Å²) < 4.78 is 6.45. The molecule has 0 spiro atoms. The van der Waals surface area contributed by atoms with Crippen LogP contribution in [0.5, 0.6) is 0 Å². The Morgan fingerprint density at radius 3 is 1.02 bits per heavy atom. The molecule has 0 bridgehead atoms. The molecule has 1 aromatic heterocycles. The lowest BCUT2D eigenvalue weighted by Crippen LogP contribution is -2.16. The predicted octanol–water partition coefficient (Wildman–Crippen LogP) is 15.7. The third kappa shape index (κ3) is 6.63. The topological polar surface area (TPSA) is 22.9 Å². The van der Waals surface area contributed by atoms with Gasteiger partial charge in [0.2, 0.25) is 0 Å². The van der Waals surface area contributed by atoms with E-state index in [0.29, 0.717) is 0 Å². The van der Waals surface area contributed by atoms with E-state index in [1.807, 2.05) is 12.1 Å². The molecular formula is C54H39N3O. The normalized spacial score (nSPS) is 11.1. The highest BCUT2D eigenvalue weighted by Crippen LogP contribution is 2.46. The zero-order valence-corrected chi connectivity index (χ0v) is 31.8. The van der Waals surface area contributed by atoms with Gasteiger partial charge in [0.05, 0.1) is 17.1 Å². The number of furan rings is 1. The van der Waals surface area contributed by atoms with Crippen molar-refractivity contribution in [1.29, 1.82) is 0 Å². The summed E-state index contributed by atoms with van der Waals surface area (Å²) in [6, 6.07) is 83.4. The fourth-order valence-electron chi connectivity index (χ4n) is 7.96. The summed E-state index contributed by atoms with van der Waals surface area (Å²) in [6.07, 6.45) is 0. The van der Waals surface area contributed by atoms with E-state index >= 15 is 0 Å². The highest BCUT2D eigenvalue weighted by Gasteiger charge is 2.22. The van der Waals surface area contributed by atoms with Crippen LogP contribution < -0.4 is 14.7 Å². The molecule has 9 aromatic carbocycles. The van der Waals surface area contributed by atoms with Crippen LogP contribution in [0.15, 0.2) is 241 Å². The van der Waals surface area contributed by atoms with E-state index in [1.54, 1.807) is 0 Å². The minimum atomic E-state index is 0.896. The number of hydrogen-bond donors (Lipinski definition) is 0. The second kappa shape index (κ2) is 15.4. The number of anilines is 9. The first-order valence-electron chi connectivity index (χ1n) is 19.6. The molecule has 0 unspecified atom stereocenters. The van der Waals surface area contributed by atoms with Crippen LogP contribution in [0.2, 0.25) is 0 Å². The molecule has 0 fully saturated rings. The third-order valence-corrected chi connectivity index (χ3v) is 10.6. The lowest BCUT2D eigenvalue weighted by atomic mass is 10.0. The zero-order chi connectivity index (χ0) is 38.7. The Labute approximate surface area is 338 Å². The molecule has 0 radical (unpaired) electrons. The van der Waals surface area contributed by atoms with Crippen LogP contribution in [0.1, 0.15) is 0 Å². The Morgan fingerprint density at radius 2 is 0.603 bits per heavy atom. The van der Waals surface area contributed by atoms with E-state index in [4.69, 9.17) is 4.42 Å². The highest BCUT2D eigenvalue weighted by molar-refractivity contribution is 6.09. The number of fused-ring (bicyclic) bond motifs is 3. The fourth-order valence-corrected chi connectivity index (χ4v) is 7.96. The summed E-state index contributed by atoms with van der Waals surface area (Å²) in [4.78, 5) is 7.02. The molecule has 58 heavy (non-hydrogen) atoms. The second-order valence-corrected chi connectivity index (χ2v) is 14.2. The van der Waals surface area contributed by atoms with Crippen LogP contribution in [-0.4, -0.2) is 0 Å². The Morgan fingerprint density at radius 1 is 0.259 bits per heavy atom. The number of para-hydroxylation sites is 7. The predicted molar refractivity (Wildman–Crippen MR) is 243 cm³/mol. The molecule has 0 N–H and O–H groups in total. The van der Waals surface area contributed by atoms with E-state index in [0.717, 1.165) is 84.3 Å². The maximum Gasteiger partial charge on any atom is 0.143 e. The first kappa shape index (κ1) is 34.7. The van der Waals surface area contributed by atoms with Gasteiger partial charge < -0.3 is 19.1 Å². The molecule has 4 nitrogen and oxygen atoms in total. The molecule has 0 atom stereocenters. The summed E-state index contributed by atoms with van der Waals surface area (Å²) in [6.45, 7) is 0. The van der Waals surface area contributed by atoms with Crippen molar-refractivity contribution in [1.82, 2.24) is 0 Å². The fraction of sp³-hybridized carbons (Fsp3) is 0. The minimum absolute atomic E-state index is 0.896. The van der Waals surface area contributed by atoms with Gasteiger partial charge in [-0.25, -0.2) is 0 Å². The van der Waals surface area contributed by atoms with Crippen LogP contribution in [0.3, 0.4) is 0 Å². The van der Waals surface area contributed by atoms with Gasteiger partial charge in [-0.3, -0.25) is 0 Å². The maximum atomic E-state index is 6.45. The number of rotatable bonds is 10. The Kier molecular flexibility index (Phi) is 9.18. The Bertz CT molecular complexity index is 2750. The van der Waals surface area contributed by atoms with Gasteiger partial charge in [0, 0.05) is 50.5 Å². The first-order valence-corrected chi connectivity index (χ1v) is 19.6. The first-order chi connectivity index (χ1) is 28.8. The average molecular weight is 746 g/mol. The van der Waals surface area contributed by atoms with Gasteiger partial charge in [0.25, 0.3) is 0 Å². The molecule has 1 heterocycles. The molecule has 0 amide bonds. The van der Waals surface area contributed by atoms with E-state index in [1.165, 1.54) is 0 Å². The van der Waals surface area contributed by atoms with Gasteiger partial charge in [0.15, 0.2) is 0 Å². The van der Waals surface area contributed by atoms with Gasteiger partial charge in [-0.15, -0.1) is 0 Å². The summed E-state index contributed by atoms with van der Waals surface area (Å²) in [5, 5.41) is 2.25. The molecule has 276 valence electrons. The van der Waals surface area contributed by atoms with Crippen molar-refractivity contribution >= 4 is 73.1 Å². The van der Waals surface area contributed by atoms with E-state index in [-0.39, 0.29) is 0 Å². The third-order valence-electron chi connectivity index (χ3n) is 10.6. The zero-order valence-electron chi connectivity index (χ0n) is 31.8. The minimum Gasteiger partial charge on any atom is -0.455 e. The molecule has 0 saturated carbocycles. The number of hydrogen-bond acceptors (Lipinski definition) is 4. The Balaban J connectivity index is 1.18. The lowest BCUT2D eigenvalue weighted by molar-refractivity contribution is 0.670. The van der Waals surface area contributed by atoms with Crippen molar-refractivity contribution in [2.45, 2.75) is 0 Å². The molecule has 0 aliphatic heterocycles. The van der Waals surface area contributed by atoms with Gasteiger partial charge in [-0.1, -0.05) is 140 Å². The summed E-state index contributed by atoms with van der Waals surface area (Å²) in [7, 11) is 0. The van der Waals surface area contributed by atoms with Crippen LogP contribution in [-0.2, 0) is 0 Å². The smallest absolute Gasteiger partial charge is 0.143 e. The summed E-state index contributed by atoms with van der Waals surface area (Å²) in [5.74, 6) is 0. The number of nitrogens with zero attached hydrogens (tertiary/aromatic N) is 3. The average Bonchev–Trinajstić information content (AvgIpc) is 3.68. The van der Waals surface area contributed by atoms with E-state index < -0.39 is 0 Å². The van der Waals surface area contributed by atoms with Gasteiger partial charge in [-0.05, 0) is 103 Å². The molecule has 10 rings (SSSR count). The van der Waals surface area contributed by atoms with Crippen molar-refractivity contribution in [2.75, 3.05) is 14.7 Å². The number of benzene rings is 9. The van der Waals surface area contributed by atoms with Gasteiger partial charge in [0.1, 0.15) is 11.2 Å². The summed E-state index contributed by atoms with van der Waals surface area (Å²) >= 11 is 0. The van der Waals surface area contributed by atoms with Crippen molar-refractivity contribution in [2.24, 2.45) is 0 Å². The molecule has 10 aromatic rings. The second-order valence-electron chi connectivity index (χ2n) is 14.2. The standard InChI is InChI=1S/C54H39N3O/c1-6-19-41(20-7-1)55(42-21-8-2-9-22-42)47-37-48(56(43-23-10-3-11-24-43)44-25-12-4-13-26-44)39-49(38-47)57(45-27-14-5-15-28-45)46-35-33-40(34-36-46)50-30-18-31-52-51-29-16-17-32-53(51)58-54(50)52/h1-39H. The molecule has 0 aliphatic carbocycles. The van der Waals surface area contributed by atoms with Gasteiger partial charge in [-0.2, -0.15) is 0 Å². The molecule has 0 aliphatic rings. The monoisotopic (exact) mass is 745 g/mol. The molecule has 4 heteroatoms. The van der Waals surface area contributed by atoms with Crippen molar-refractivity contribution in [3.63, 3.8) is 0 Å². The van der Waals surface area contributed by atoms with Crippen molar-refractivity contribution in [3.05, 3.63) is 237 Å². The molecule has 0 saturated heterocycles. The largest absolute Gasteiger partial charge is 0.455 e. The van der Waals surface area contributed by atoms with Crippen LogP contribution in [0.25, 0.3) is 33.1 Å². The van der Waals surface area contributed by atoms with Gasteiger partial charge >= 0.3 is 0 Å². The SMILES string of the molecule is c1ccc(N(c2ccccc2)c2cc(N(c3ccccc3)c3ccccc3)cc(N(c3ccccc3)c3ccc(-c4cccc5c4oc4ccccc45)cc3)c2)cc1. The van der Waals surface area contributed by atoms with Crippen LogP contribution >= 0.6 is 0 Å². The van der Waals surface area contributed by atoms with Crippen molar-refractivity contribution in [3.8, 4) is 11.1 Å². The van der Waals surface area contributed by atoms with E-state index in [9.17, 15) is 0 Å². The quantitative estimate of drug-likeness (QED) is 0.139.